The molecule has 0 amide bonds. The van der Waals surface area contributed by atoms with Gasteiger partial charge in [0.15, 0.2) is 0 Å². The van der Waals surface area contributed by atoms with Gasteiger partial charge < -0.3 is 14.7 Å². The van der Waals surface area contributed by atoms with Crippen molar-refractivity contribution in [3.8, 4) is 5.75 Å². The van der Waals surface area contributed by atoms with Gasteiger partial charge in [-0.3, -0.25) is 0 Å². The summed E-state index contributed by atoms with van der Waals surface area (Å²) in [5.74, 6) is -3.38. The fourth-order valence-corrected chi connectivity index (χ4v) is 3.94. The molecule has 0 spiro atoms. The summed E-state index contributed by atoms with van der Waals surface area (Å²) in [5, 5.41) is 10.5. The van der Waals surface area contributed by atoms with E-state index in [-0.39, 0.29) is 12.5 Å². The summed E-state index contributed by atoms with van der Waals surface area (Å²) < 4.78 is 36.5. The quantitative estimate of drug-likeness (QED) is 0.810. The summed E-state index contributed by atoms with van der Waals surface area (Å²) in [6, 6.07) is 6.99. The first-order valence-corrected chi connectivity index (χ1v) is 8.64. The van der Waals surface area contributed by atoms with Gasteiger partial charge in [-0.1, -0.05) is 37.5 Å². The van der Waals surface area contributed by atoms with Gasteiger partial charge in [0, 0.05) is 13.5 Å². The van der Waals surface area contributed by atoms with Crippen molar-refractivity contribution < 1.29 is 18.6 Å². The highest BCUT2D eigenvalue weighted by Crippen LogP contribution is 2.51. The highest BCUT2D eigenvalue weighted by atomic mass is 19.3. The number of rotatable bonds is 5. The lowest BCUT2D eigenvalue weighted by molar-refractivity contribution is -0.222. The second kappa shape index (κ2) is 6.36. The van der Waals surface area contributed by atoms with Crippen LogP contribution in [-0.4, -0.2) is 29.4 Å². The van der Waals surface area contributed by atoms with Crippen molar-refractivity contribution in [3.05, 3.63) is 36.9 Å². The molecule has 1 aromatic carbocycles. The fourth-order valence-electron chi connectivity index (χ4n) is 3.94. The van der Waals surface area contributed by atoms with Gasteiger partial charge in [-0.15, -0.1) is 6.58 Å². The summed E-state index contributed by atoms with van der Waals surface area (Å²) in [7, 11) is 0. The lowest BCUT2D eigenvalue weighted by Gasteiger charge is -2.44. The van der Waals surface area contributed by atoms with Gasteiger partial charge in [-0.2, -0.15) is 8.78 Å². The van der Waals surface area contributed by atoms with Gasteiger partial charge in [0.1, 0.15) is 11.9 Å². The molecule has 3 nitrogen and oxygen atoms in total. The number of alkyl halides is 2. The van der Waals surface area contributed by atoms with Crippen LogP contribution in [0.25, 0.3) is 0 Å². The van der Waals surface area contributed by atoms with Gasteiger partial charge in [-0.25, -0.2) is 0 Å². The van der Waals surface area contributed by atoms with Crippen molar-refractivity contribution >= 4 is 5.69 Å². The second-order valence-electron chi connectivity index (χ2n) is 6.92. The molecular weight excluding hydrogens is 312 g/mol. The first-order valence-electron chi connectivity index (χ1n) is 8.64. The van der Waals surface area contributed by atoms with Crippen molar-refractivity contribution in [1.29, 1.82) is 0 Å². The van der Waals surface area contributed by atoms with E-state index >= 15 is 8.78 Å². The molecule has 0 saturated heterocycles. The first-order chi connectivity index (χ1) is 11.4. The molecule has 5 heteroatoms. The number of para-hydroxylation sites is 2. The number of aliphatic hydroxyl groups is 1. The van der Waals surface area contributed by atoms with Gasteiger partial charge in [0.05, 0.1) is 5.69 Å². The van der Waals surface area contributed by atoms with Crippen LogP contribution in [0.5, 0.6) is 5.75 Å². The molecule has 0 aromatic heterocycles. The molecule has 1 saturated carbocycles. The molecule has 0 unspecified atom stereocenters. The monoisotopic (exact) mass is 337 g/mol. The molecule has 3 rings (SSSR count). The average molecular weight is 337 g/mol. The highest BCUT2D eigenvalue weighted by Gasteiger charge is 2.64. The normalized spacial score (nSPS) is 25.9. The number of aliphatic hydroxyl groups excluding tert-OH is 1. The number of benzene rings is 1. The molecule has 1 aliphatic heterocycles. The average Bonchev–Trinajstić information content (AvgIpc) is 2.89. The minimum Gasteiger partial charge on any atom is -0.459 e. The Hall–Kier alpha value is -1.62. The Morgan fingerprint density at radius 1 is 1.38 bits per heavy atom. The maximum Gasteiger partial charge on any atom is 0.330 e. The van der Waals surface area contributed by atoms with E-state index in [4.69, 9.17) is 4.74 Å². The van der Waals surface area contributed by atoms with Gasteiger partial charge in [0.25, 0.3) is 0 Å². The molecule has 1 N–H and O–H groups in total. The minimum absolute atomic E-state index is 0.223. The Labute approximate surface area is 141 Å². The lowest BCUT2D eigenvalue weighted by Crippen LogP contribution is -2.65. The maximum atomic E-state index is 15.4. The summed E-state index contributed by atoms with van der Waals surface area (Å²) in [6.07, 6.45) is 3.98. The van der Waals surface area contributed by atoms with Gasteiger partial charge in [-0.05, 0) is 30.9 Å². The van der Waals surface area contributed by atoms with Crippen LogP contribution in [0.4, 0.5) is 14.5 Å². The number of hydrogen-bond donors (Lipinski definition) is 1. The Bertz CT molecular complexity index is 601. The van der Waals surface area contributed by atoms with Crippen LogP contribution in [0.1, 0.15) is 39.0 Å². The van der Waals surface area contributed by atoms with Crippen LogP contribution in [0.3, 0.4) is 0 Å². The van der Waals surface area contributed by atoms with Crippen molar-refractivity contribution in [1.82, 2.24) is 0 Å². The van der Waals surface area contributed by atoms with E-state index in [9.17, 15) is 5.11 Å². The van der Waals surface area contributed by atoms with E-state index in [1.807, 2.05) is 0 Å². The predicted octanol–water partition coefficient (Wildman–Crippen LogP) is 4.36. The van der Waals surface area contributed by atoms with Crippen molar-refractivity contribution in [2.24, 2.45) is 5.92 Å². The number of nitrogens with zero attached hydrogens (tertiary/aromatic N) is 1. The van der Waals surface area contributed by atoms with E-state index in [1.54, 1.807) is 30.3 Å². The van der Waals surface area contributed by atoms with E-state index in [0.29, 0.717) is 24.3 Å². The molecule has 132 valence electrons. The van der Waals surface area contributed by atoms with Gasteiger partial charge >= 0.3 is 5.92 Å². The van der Waals surface area contributed by atoms with E-state index in [0.717, 1.165) is 19.3 Å². The van der Waals surface area contributed by atoms with Crippen LogP contribution < -0.4 is 9.64 Å². The fraction of sp³-hybridized carbons (Fsp3) is 0.579. The molecule has 2 atom stereocenters. The standard InChI is InChI=1S/C19H25F2NO2/c1-3-13-22-15-11-7-8-12-16(15)24-18(22,2)19(20,21)17(23)14-9-5-4-6-10-14/h3,7-8,11-12,14,17,23H,1,4-6,9-10,13H2,2H3/t17-,18-/m0/s1. The van der Waals surface area contributed by atoms with Crippen molar-refractivity contribution in [2.75, 3.05) is 11.4 Å². The zero-order chi connectivity index (χ0) is 17.4. The summed E-state index contributed by atoms with van der Waals surface area (Å²) in [6.45, 7) is 5.26. The number of ether oxygens (including phenoxy) is 1. The number of halogens is 2. The third kappa shape index (κ3) is 2.59. The number of anilines is 1. The smallest absolute Gasteiger partial charge is 0.330 e. The Kier molecular flexibility index (Phi) is 4.56. The molecule has 1 aromatic rings. The lowest BCUT2D eigenvalue weighted by atomic mass is 9.80. The molecule has 1 fully saturated rings. The summed E-state index contributed by atoms with van der Waals surface area (Å²) in [4.78, 5) is 1.50. The Balaban J connectivity index is 1.94. The van der Waals surface area contributed by atoms with E-state index < -0.39 is 17.8 Å². The molecule has 24 heavy (non-hydrogen) atoms. The molecule has 0 radical (unpaired) electrons. The third-order valence-electron chi connectivity index (χ3n) is 5.38. The zero-order valence-electron chi connectivity index (χ0n) is 14.0. The van der Waals surface area contributed by atoms with Crippen LogP contribution in [-0.2, 0) is 0 Å². The largest absolute Gasteiger partial charge is 0.459 e. The minimum atomic E-state index is -3.41. The SMILES string of the molecule is C=CCN1c2ccccc2O[C@@]1(C)C(F)(F)[C@@H](O)C1CCCCC1. The summed E-state index contributed by atoms with van der Waals surface area (Å²) >= 11 is 0. The van der Waals surface area contributed by atoms with Crippen molar-refractivity contribution in [2.45, 2.75) is 56.8 Å². The molecular formula is C19H25F2NO2. The van der Waals surface area contributed by atoms with Crippen molar-refractivity contribution in [3.63, 3.8) is 0 Å². The number of hydrogen-bond acceptors (Lipinski definition) is 3. The van der Waals surface area contributed by atoms with Crippen LogP contribution >= 0.6 is 0 Å². The molecule has 1 heterocycles. The number of fused-ring (bicyclic) bond motifs is 1. The zero-order valence-corrected chi connectivity index (χ0v) is 14.0. The molecule has 2 aliphatic rings. The first kappa shape index (κ1) is 17.2. The third-order valence-corrected chi connectivity index (χ3v) is 5.38. The Morgan fingerprint density at radius 2 is 2.04 bits per heavy atom. The predicted molar refractivity (Wildman–Crippen MR) is 90.5 cm³/mol. The van der Waals surface area contributed by atoms with Gasteiger partial charge in [0.2, 0.25) is 5.72 Å². The Morgan fingerprint density at radius 3 is 2.71 bits per heavy atom. The van der Waals surface area contributed by atoms with Crippen LogP contribution in [0.15, 0.2) is 36.9 Å². The van der Waals surface area contributed by atoms with Crippen LogP contribution in [0.2, 0.25) is 0 Å². The second-order valence-corrected chi connectivity index (χ2v) is 6.92. The topological polar surface area (TPSA) is 32.7 Å². The molecule has 1 aliphatic carbocycles. The maximum absolute atomic E-state index is 15.4. The molecule has 0 bridgehead atoms. The highest BCUT2D eigenvalue weighted by molar-refractivity contribution is 5.64. The van der Waals surface area contributed by atoms with Crippen LogP contribution in [0, 0.1) is 5.92 Å². The van der Waals surface area contributed by atoms with E-state index in [2.05, 4.69) is 6.58 Å². The van der Waals surface area contributed by atoms with E-state index in [1.165, 1.54) is 11.8 Å². The summed E-state index contributed by atoms with van der Waals surface area (Å²) in [5.41, 5.74) is -1.32.